The van der Waals surface area contributed by atoms with E-state index in [2.05, 4.69) is 9.97 Å². The zero-order chi connectivity index (χ0) is 11.1. The SMILES string of the molecule is CC1(O)CCN(c2nc(Cl)ncc2Cl)C1. The standard InChI is InChI=1S/C9H11Cl2N3O/c1-9(15)2-3-14(5-9)7-6(10)4-12-8(11)13-7/h4,15H,2-3,5H2,1H3. The summed E-state index contributed by atoms with van der Waals surface area (Å²) in [6.45, 7) is 3.03. The van der Waals surface area contributed by atoms with Gasteiger partial charge in [0.15, 0.2) is 5.82 Å². The fourth-order valence-corrected chi connectivity index (χ4v) is 2.02. The third-order valence-electron chi connectivity index (χ3n) is 2.45. The zero-order valence-electron chi connectivity index (χ0n) is 8.24. The smallest absolute Gasteiger partial charge is 0.224 e. The number of anilines is 1. The Morgan fingerprint density at radius 3 is 2.87 bits per heavy atom. The summed E-state index contributed by atoms with van der Waals surface area (Å²) in [7, 11) is 0. The molecule has 1 aromatic rings. The molecule has 2 heterocycles. The molecule has 1 saturated heterocycles. The van der Waals surface area contributed by atoms with Crippen molar-refractivity contribution in [2.75, 3.05) is 18.0 Å². The summed E-state index contributed by atoms with van der Waals surface area (Å²) in [6.07, 6.45) is 2.17. The van der Waals surface area contributed by atoms with Gasteiger partial charge in [-0.3, -0.25) is 0 Å². The van der Waals surface area contributed by atoms with Crippen LogP contribution in [0.3, 0.4) is 0 Å². The molecule has 1 unspecified atom stereocenters. The van der Waals surface area contributed by atoms with Crippen LogP contribution in [-0.2, 0) is 0 Å². The summed E-state index contributed by atoms with van der Waals surface area (Å²) in [5.74, 6) is 0.592. The Morgan fingerprint density at radius 2 is 2.27 bits per heavy atom. The van der Waals surface area contributed by atoms with Crippen molar-refractivity contribution >= 4 is 29.0 Å². The Morgan fingerprint density at radius 1 is 1.53 bits per heavy atom. The first-order chi connectivity index (χ1) is 6.98. The lowest BCUT2D eigenvalue weighted by Gasteiger charge is -2.20. The van der Waals surface area contributed by atoms with Crippen molar-refractivity contribution in [1.82, 2.24) is 9.97 Å². The average molecular weight is 248 g/mol. The van der Waals surface area contributed by atoms with E-state index in [1.807, 2.05) is 4.90 Å². The van der Waals surface area contributed by atoms with E-state index in [1.165, 1.54) is 6.20 Å². The minimum absolute atomic E-state index is 0.168. The number of rotatable bonds is 1. The molecule has 1 atom stereocenters. The molecule has 82 valence electrons. The van der Waals surface area contributed by atoms with E-state index in [0.29, 0.717) is 23.8 Å². The molecule has 1 aliphatic rings. The van der Waals surface area contributed by atoms with Gasteiger partial charge in [0.25, 0.3) is 0 Å². The Kier molecular flexibility index (Phi) is 2.75. The Labute approximate surface area is 97.9 Å². The van der Waals surface area contributed by atoms with Gasteiger partial charge in [0.2, 0.25) is 5.28 Å². The van der Waals surface area contributed by atoms with Gasteiger partial charge in [-0.1, -0.05) is 11.6 Å². The van der Waals surface area contributed by atoms with Crippen LogP contribution in [0.4, 0.5) is 5.82 Å². The van der Waals surface area contributed by atoms with Crippen molar-refractivity contribution in [3.05, 3.63) is 16.5 Å². The first-order valence-corrected chi connectivity index (χ1v) is 5.39. The van der Waals surface area contributed by atoms with Crippen LogP contribution in [0, 0.1) is 0 Å². The zero-order valence-corrected chi connectivity index (χ0v) is 9.76. The van der Waals surface area contributed by atoms with Gasteiger partial charge in [-0.05, 0) is 24.9 Å². The van der Waals surface area contributed by atoms with E-state index in [4.69, 9.17) is 23.2 Å². The number of aromatic nitrogens is 2. The van der Waals surface area contributed by atoms with Gasteiger partial charge in [-0.2, -0.15) is 4.98 Å². The molecule has 0 aromatic carbocycles. The number of β-amino-alcohol motifs (C(OH)–C–C–N with tert-alkyl or cyclic N) is 1. The Bertz CT molecular complexity index is 384. The monoisotopic (exact) mass is 247 g/mol. The van der Waals surface area contributed by atoms with Crippen LogP contribution in [0.2, 0.25) is 10.3 Å². The summed E-state index contributed by atoms with van der Waals surface area (Å²) in [4.78, 5) is 9.75. The molecule has 0 bridgehead atoms. The summed E-state index contributed by atoms with van der Waals surface area (Å²) < 4.78 is 0. The van der Waals surface area contributed by atoms with E-state index in [-0.39, 0.29) is 5.28 Å². The molecule has 15 heavy (non-hydrogen) atoms. The van der Waals surface area contributed by atoms with Gasteiger partial charge in [0, 0.05) is 13.1 Å². The maximum absolute atomic E-state index is 9.83. The van der Waals surface area contributed by atoms with Gasteiger partial charge in [0.05, 0.1) is 11.8 Å². The number of hydrogen-bond donors (Lipinski definition) is 1. The molecule has 1 aliphatic heterocycles. The topological polar surface area (TPSA) is 49.2 Å². The number of nitrogens with zero attached hydrogens (tertiary/aromatic N) is 3. The predicted octanol–water partition coefficient (Wildman–Crippen LogP) is 1.74. The van der Waals surface area contributed by atoms with Crippen LogP contribution in [0.5, 0.6) is 0 Å². The quantitative estimate of drug-likeness (QED) is 0.769. The summed E-state index contributed by atoms with van der Waals surface area (Å²) in [5, 5.41) is 10.4. The van der Waals surface area contributed by atoms with Gasteiger partial charge >= 0.3 is 0 Å². The summed E-state index contributed by atoms with van der Waals surface area (Å²) in [6, 6.07) is 0. The van der Waals surface area contributed by atoms with Crippen LogP contribution >= 0.6 is 23.2 Å². The van der Waals surface area contributed by atoms with E-state index in [9.17, 15) is 5.11 Å². The maximum Gasteiger partial charge on any atom is 0.224 e. The highest BCUT2D eigenvalue weighted by atomic mass is 35.5. The molecule has 0 aliphatic carbocycles. The molecule has 4 nitrogen and oxygen atoms in total. The lowest BCUT2D eigenvalue weighted by atomic mass is 10.1. The van der Waals surface area contributed by atoms with Crippen LogP contribution in [0.25, 0.3) is 0 Å². The van der Waals surface area contributed by atoms with Crippen LogP contribution in [0.1, 0.15) is 13.3 Å². The molecule has 1 fully saturated rings. The first kappa shape index (κ1) is 10.9. The van der Waals surface area contributed by atoms with Gasteiger partial charge in [-0.25, -0.2) is 4.98 Å². The Hall–Kier alpha value is -0.580. The van der Waals surface area contributed by atoms with Crippen LogP contribution in [-0.4, -0.2) is 33.8 Å². The largest absolute Gasteiger partial charge is 0.388 e. The fraction of sp³-hybridized carbons (Fsp3) is 0.556. The number of aliphatic hydroxyl groups is 1. The first-order valence-electron chi connectivity index (χ1n) is 4.63. The van der Waals surface area contributed by atoms with Gasteiger partial charge in [0.1, 0.15) is 5.02 Å². The molecule has 0 spiro atoms. The van der Waals surface area contributed by atoms with Crippen molar-refractivity contribution in [2.45, 2.75) is 18.9 Å². The van der Waals surface area contributed by atoms with E-state index in [0.717, 1.165) is 6.54 Å². The second-order valence-corrected chi connectivity index (χ2v) is 4.72. The molecule has 1 N–H and O–H groups in total. The molecule has 0 radical (unpaired) electrons. The molecular weight excluding hydrogens is 237 g/mol. The molecule has 6 heteroatoms. The minimum Gasteiger partial charge on any atom is -0.388 e. The van der Waals surface area contributed by atoms with Gasteiger partial charge < -0.3 is 10.0 Å². The van der Waals surface area contributed by atoms with E-state index in [1.54, 1.807) is 6.92 Å². The normalized spacial score (nSPS) is 26.0. The third kappa shape index (κ3) is 2.33. The highest BCUT2D eigenvalue weighted by Gasteiger charge is 2.33. The Balaban J connectivity index is 2.27. The van der Waals surface area contributed by atoms with Crippen molar-refractivity contribution in [2.24, 2.45) is 0 Å². The third-order valence-corrected chi connectivity index (χ3v) is 2.90. The molecule has 0 saturated carbocycles. The number of hydrogen-bond acceptors (Lipinski definition) is 4. The van der Waals surface area contributed by atoms with Crippen LogP contribution < -0.4 is 4.90 Å². The lowest BCUT2D eigenvalue weighted by Crippen LogP contribution is -2.30. The molecule has 1 aromatic heterocycles. The highest BCUT2D eigenvalue weighted by molar-refractivity contribution is 6.33. The van der Waals surface area contributed by atoms with E-state index >= 15 is 0 Å². The van der Waals surface area contributed by atoms with Crippen molar-refractivity contribution in [1.29, 1.82) is 0 Å². The molecule has 2 rings (SSSR count). The predicted molar refractivity (Wildman–Crippen MR) is 59.5 cm³/mol. The highest BCUT2D eigenvalue weighted by Crippen LogP contribution is 2.30. The fourth-order valence-electron chi connectivity index (χ4n) is 1.68. The van der Waals surface area contributed by atoms with Crippen molar-refractivity contribution < 1.29 is 5.11 Å². The van der Waals surface area contributed by atoms with Crippen molar-refractivity contribution in [3.8, 4) is 0 Å². The number of halogens is 2. The molecule has 0 amide bonds. The second kappa shape index (κ2) is 3.77. The van der Waals surface area contributed by atoms with Crippen LogP contribution in [0.15, 0.2) is 6.20 Å². The van der Waals surface area contributed by atoms with E-state index < -0.39 is 5.60 Å². The summed E-state index contributed by atoms with van der Waals surface area (Å²) >= 11 is 11.7. The maximum atomic E-state index is 9.83. The lowest BCUT2D eigenvalue weighted by molar-refractivity contribution is 0.0839. The minimum atomic E-state index is -0.680. The summed E-state index contributed by atoms with van der Waals surface area (Å²) in [5.41, 5.74) is -0.680. The molecular formula is C9H11Cl2N3O. The van der Waals surface area contributed by atoms with Gasteiger partial charge in [-0.15, -0.1) is 0 Å². The van der Waals surface area contributed by atoms with Crippen molar-refractivity contribution in [3.63, 3.8) is 0 Å². The second-order valence-electron chi connectivity index (χ2n) is 3.98. The average Bonchev–Trinajstić information content (AvgIpc) is 2.50.